The minimum absolute atomic E-state index is 0.0315. The molecule has 35 heavy (non-hydrogen) atoms. The van der Waals surface area contributed by atoms with Gasteiger partial charge >= 0.3 is 0 Å². The summed E-state index contributed by atoms with van der Waals surface area (Å²) in [6, 6.07) is 19.5. The first-order valence-electron chi connectivity index (χ1n) is 10.5. The van der Waals surface area contributed by atoms with Gasteiger partial charge in [-0.2, -0.15) is 16.9 Å². The number of halogens is 2. The molecule has 0 aliphatic carbocycles. The molecule has 0 saturated carbocycles. The summed E-state index contributed by atoms with van der Waals surface area (Å²) in [4.78, 5) is 12.7. The van der Waals surface area contributed by atoms with Gasteiger partial charge < -0.3 is 4.74 Å². The van der Waals surface area contributed by atoms with Crippen molar-refractivity contribution < 1.29 is 17.9 Å². The molecule has 1 N–H and O–H groups in total. The second-order valence-corrected chi connectivity index (χ2v) is 11.3. The van der Waals surface area contributed by atoms with E-state index < -0.39 is 22.5 Å². The average Bonchev–Trinajstić information content (AvgIpc) is 2.82. The Balaban J connectivity index is 1.49. The number of ether oxygens (including phenoxy) is 1. The number of hydrogen-bond acceptors (Lipinski definition) is 6. The van der Waals surface area contributed by atoms with Crippen LogP contribution < -0.4 is 14.5 Å². The van der Waals surface area contributed by atoms with Crippen LogP contribution in [0.25, 0.3) is 0 Å². The maximum absolute atomic E-state index is 13.3. The van der Waals surface area contributed by atoms with Crippen LogP contribution in [0.3, 0.4) is 0 Å². The van der Waals surface area contributed by atoms with Gasteiger partial charge in [0.15, 0.2) is 0 Å². The van der Waals surface area contributed by atoms with Crippen LogP contribution in [0.5, 0.6) is 5.75 Å². The van der Waals surface area contributed by atoms with E-state index in [1.54, 1.807) is 18.2 Å². The maximum Gasteiger partial charge on any atom is 0.264 e. The van der Waals surface area contributed by atoms with E-state index in [1.807, 2.05) is 36.0 Å². The number of nitrogens with zero attached hydrogens (tertiary/aromatic N) is 2. The lowest BCUT2D eigenvalue weighted by Gasteiger charge is -2.25. The number of benzene rings is 3. The first kappa shape index (κ1) is 25.4. The molecule has 0 spiro atoms. The fourth-order valence-electron chi connectivity index (χ4n) is 3.16. The van der Waals surface area contributed by atoms with Gasteiger partial charge in [-0.05, 0) is 48.0 Å². The van der Waals surface area contributed by atoms with E-state index in [1.165, 1.54) is 36.5 Å². The van der Waals surface area contributed by atoms with Crippen LogP contribution in [-0.4, -0.2) is 44.7 Å². The topological polar surface area (TPSA) is 88.1 Å². The van der Waals surface area contributed by atoms with E-state index in [0.29, 0.717) is 0 Å². The maximum atomic E-state index is 13.3. The molecule has 182 valence electrons. The van der Waals surface area contributed by atoms with E-state index in [2.05, 4.69) is 10.5 Å². The van der Waals surface area contributed by atoms with E-state index in [-0.39, 0.29) is 26.7 Å². The number of nitrogens with one attached hydrogen (secondary N) is 1. The number of thioether (sulfide) groups is 1. The van der Waals surface area contributed by atoms with Crippen LogP contribution in [0.15, 0.2) is 82.8 Å². The molecule has 0 atom stereocenters. The number of amides is 1. The molecule has 11 heteroatoms. The Morgan fingerprint density at radius 3 is 2.51 bits per heavy atom. The third-order valence-corrected chi connectivity index (χ3v) is 8.72. The van der Waals surface area contributed by atoms with Crippen molar-refractivity contribution in [2.75, 3.05) is 22.4 Å². The summed E-state index contributed by atoms with van der Waals surface area (Å²) >= 11 is 13.9. The van der Waals surface area contributed by atoms with Crippen molar-refractivity contribution in [3.05, 3.63) is 88.4 Å². The molecule has 1 heterocycles. The standard InChI is InChI=1S/C24H21Cl2N3O4S2/c25-22-10-9-18(12-23(22)26)29(35(31,32)21-7-2-1-3-8-21)14-24(30)28-27-13-17-5-4-6-19(11-17)33-20-15-34-16-20/h1-13,20H,14-16H2,(H,28,30)/b27-13-. The lowest BCUT2D eigenvalue weighted by Crippen LogP contribution is -2.39. The molecule has 4 rings (SSSR count). The van der Waals surface area contributed by atoms with E-state index in [4.69, 9.17) is 27.9 Å². The summed E-state index contributed by atoms with van der Waals surface area (Å²) in [5.41, 5.74) is 3.31. The molecule has 1 amide bonds. The second kappa shape index (κ2) is 11.3. The summed E-state index contributed by atoms with van der Waals surface area (Å²) in [7, 11) is -4.07. The quantitative estimate of drug-likeness (QED) is 0.305. The molecule has 3 aromatic rings. The molecule has 3 aromatic carbocycles. The number of carbonyl (C=O) groups excluding carboxylic acids is 1. The zero-order chi connectivity index (χ0) is 24.8. The Labute approximate surface area is 218 Å². The van der Waals surface area contributed by atoms with Crippen LogP contribution >= 0.6 is 35.0 Å². The van der Waals surface area contributed by atoms with Gasteiger partial charge in [0.1, 0.15) is 18.4 Å². The van der Waals surface area contributed by atoms with Gasteiger partial charge in [0, 0.05) is 11.5 Å². The fourth-order valence-corrected chi connectivity index (χ4v) is 5.45. The summed E-state index contributed by atoms with van der Waals surface area (Å²) in [5, 5.41) is 4.41. The molecule has 0 unspecified atom stereocenters. The third-order valence-electron chi connectivity index (χ3n) is 4.98. The van der Waals surface area contributed by atoms with Crippen molar-refractivity contribution in [2.45, 2.75) is 11.0 Å². The zero-order valence-corrected chi connectivity index (χ0v) is 21.4. The zero-order valence-electron chi connectivity index (χ0n) is 18.3. The minimum atomic E-state index is -4.07. The van der Waals surface area contributed by atoms with Gasteiger partial charge in [-0.1, -0.05) is 53.5 Å². The van der Waals surface area contributed by atoms with Crippen molar-refractivity contribution in [2.24, 2.45) is 5.10 Å². The SMILES string of the molecule is O=C(CN(c1ccc(Cl)c(Cl)c1)S(=O)(=O)c1ccccc1)N/N=C\c1cccc(OC2CSC2)c1. The van der Waals surface area contributed by atoms with Crippen molar-refractivity contribution in [3.63, 3.8) is 0 Å². The molecule has 0 bridgehead atoms. The Morgan fingerprint density at radius 1 is 1.06 bits per heavy atom. The molecule has 1 aliphatic heterocycles. The highest BCUT2D eigenvalue weighted by atomic mass is 35.5. The molecule has 0 aromatic heterocycles. The Hall–Kier alpha value is -2.72. The number of rotatable bonds is 9. The minimum Gasteiger partial charge on any atom is -0.489 e. The van der Waals surface area contributed by atoms with Crippen molar-refractivity contribution in [3.8, 4) is 5.75 Å². The normalized spacial score (nSPS) is 13.9. The van der Waals surface area contributed by atoms with Crippen LogP contribution in [0.4, 0.5) is 5.69 Å². The molecule has 1 saturated heterocycles. The van der Waals surface area contributed by atoms with Gasteiger partial charge in [-0.3, -0.25) is 9.10 Å². The van der Waals surface area contributed by atoms with Gasteiger partial charge in [0.25, 0.3) is 15.9 Å². The first-order valence-corrected chi connectivity index (χ1v) is 13.9. The van der Waals surface area contributed by atoms with Gasteiger partial charge in [0.2, 0.25) is 0 Å². The lowest BCUT2D eigenvalue weighted by molar-refractivity contribution is -0.119. The first-order chi connectivity index (χ1) is 16.8. The highest BCUT2D eigenvalue weighted by molar-refractivity contribution is 8.00. The second-order valence-electron chi connectivity index (χ2n) is 7.57. The molecular weight excluding hydrogens is 529 g/mol. The van der Waals surface area contributed by atoms with Gasteiger partial charge in [0.05, 0.1) is 26.8 Å². The summed E-state index contributed by atoms with van der Waals surface area (Å²) in [5.74, 6) is 2.03. The molecule has 0 radical (unpaired) electrons. The number of hydrogen-bond donors (Lipinski definition) is 1. The summed E-state index contributed by atoms with van der Waals surface area (Å²) in [6.07, 6.45) is 1.68. The van der Waals surface area contributed by atoms with Crippen LogP contribution in [0, 0.1) is 0 Å². The van der Waals surface area contributed by atoms with E-state index in [9.17, 15) is 13.2 Å². The number of carbonyl (C=O) groups is 1. The average molecular weight is 550 g/mol. The summed E-state index contributed by atoms with van der Waals surface area (Å²) in [6.45, 7) is -0.519. The predicted octanol–water partition coefficient (Wildman–Crippen LogP) is 4.83. The van der Waals surface area contributed by atoms with Crippen LogP contribution in [-0.2, 0) is 14.8 Å². The Bertz CT molecular complexity index is 1330. The monoisotopic (exact) mass is 549 g/mol. The van der Waals surface area contributed by atoms with Crippen molar-refractivity contribution in [1.82, 2.24) is 5.43 Å². The molecule has 1 aliphatic rings. The predicted molar refractivity (Wildman–Crippen MR) is 141 cm³/mol. The number of anilines is 1. The highest BCUT2D eigenvalue weighted by Crippen LogP contribution is 2.30. The Morgan fingerprint density at radius 2 is 1.83 bits per heavy atom. The van der Waals surface area contributed by atoms with E-state index in [0.717, 1.165) is 27.1 Å². The van der Waals surface area contributed by atoms with Crippen molar-refractivity contribution in [1.29, 1.82) is 0 Å². The van der Waals surface area contributed by atoms with E-state index >= 15 is 0 Å². The largest absolute Gasteiger partial charge is 0.489 e. The molecule has 1 fully saturated rings. The molecular formula is C24H21Cl2N3O4S2. The number of sulfonamides is 1. The van der Waals surface area contributed by atoms with Crippen molar-refractivity contribution >= 4 is 62.8 Å². The smallest absolute Gasteiger partial charge is 0.264 e. The number of hydrazone groups is 1. The summed E-state index contributed by atoms with van der Waals surface area (Å²) < 4.78 is 33.5. The van der Waals surface area contributed by atoms with Crippen LogP contribution in [0.2, 0.25) is 10.0 Å². The van der Waals surface area contributed by atoms with Gasteiger partial charge in [-0.25, -0.2) is 13.8 Å². The van der Waals surface area contributed by atoms with Gasteiger partial charge in [-0.15, -0.1) is 0 Å². The lowest BCUT2D eigenvalue weighted by atomic mass is 10.2. The fraction of sp³-hybridized carbons (Fsp3) is 0.167. The Kier molecular flexibility index (Phi) is 8.22. The third kappa shape index (κ3) is 6.49. The molecule has 7 nitrogen and oxygen atoms in total. The van der Waals surface area contributed by atoms with Crippen LogP contribution in [0.1, 0.15) is 5.56 Å². The highest BCUT2D eigenvalue weighted by Gasteiger charge is 2.27.